The van der Waals surface area contributed by atoms with Crippen molar-refractivity contribution in [3.8, 4) is 0 Å². The number of halogens is 1. The molecular formula is C14H18ClNO. The van der Waals surface area contributed by atoms with Gasteiger partial charge in [0.2, 0.25) is 0 Å². The first-order chi connectivity index (χ1) is 8.26. The molecule has 0 bridgehead atoms. The minimum absolute atomic E-state index is 0.583. The first-order valence-corrected chi connectivity index (χ1v) is 6.65. The van der Waals surface area contributed by atoms with Gasteiger partial charge < -0.3 is 4.90 Å². The molecule has 0 heterocycles. The molecule has 0 amide bonds. The normalized spacial score (nSPS) is 16.1. The van der Waals surface area contributed by atoms with Crippen LogP contribution >= 0.6 is 11.6 Å². The van der Waals surface area contributed by atoms with Crippen LogP contribution in [0.25, 0.3) is 0 Å². The summed E-state index contributed by atoms with van der Waals surface area (Å²) in [4.78, 5) is 13.5. The second-order valence-corrected chi connectivity index (χ2v) is 4.98. The highest BCUT2D eigenvalue weighted by atomic mass is 35.5. The summed E-state index contributed by atoms with van der Waals surface area (Å²) in [6.07, 6.45) is 5.96. The van der Waals surface area contributed by atoms with Crippen LogP contribution in [-0.2, 0) is 0 Å². The average Bonchev–Trinajstić information content (AvgIpc) is 2.85. The maximum absolute atomic E-state index is 11.1. The van der Waals surface area contributed by atoms with Crippen LogP contribution in [0.1, 0.15) is 43.0 Å². The van der Waals surface area contributed by atoms with Gasteiger partial charge in [-0.05, 0) is 38.0 Å². The minimum Gasteiger partial charge on any atom is -0.368 e. The van der Waals surface area contributed by atoms with Gasteiger partial charge in [0.15, 0.2) is 6.29 Å². The van der Waals surface area contributed by atoms with Crippen molar-refractivity contribution in [2.45, 2.75) is 38.6 Å². The molecule has 1 aliphatic carbocycles. The van der Waals surface area contributed by atoms with Crippen LogP contribution in [0.3, 0.4) is 0 Å². The second kappa shape index (κ2) is 5.54. The number of carbonyl (C=O) groups is 1. The van der Waals surface area contributed by atoms with E-state index in [9.17, 15) is 4.79 Å². The van der Waals surface area contributed by atoms with Crippen molar-refractivity contribution in [2.24, 2.45) is 0 Å². The molecule has 2 nitrogen and oxygen atoms in total. The summed E-state index contributed by atoms with van der Waals surface area (Å²) in [5.74, 6) is 0. The monoisotopic (exact) mass is 251 g/mol. The third kappa shape index (κ3) is 2.63. The molecule has 0 radical (unpaired) electrons. The predicted octanol–water partition coefficient (Wildman–Crippen LogP) is 3.92. The summed E-state index contributed by atoms with van der Waals surface area (Å²) in [7, 11) is 0. The Morgan fingerprint density at radius 2 is 2.12 bits per heavy atom. The number of carbonyl (C=O) groups excluding carboxylic acids is 1. The lowest BCUT2D eigenvalue weighted by molar-refractivity contribution is 0.112. The number of anilines is 1. The molecular weight excluding hydrogens is 234 g/mol. The molecule has 1 aromatic rings. The molecule has 0 aliphatic heterocycles. The number of hydrogen-bond donors (Lipinski definition) is 0. The summed E-state index contributed by atoms with van der Waals surface area (Å²) in [6, 6.07) is 6.16. The Labute approximate surface area is 108 Å². The Bertz CT molecular complexity index is 399. The first-order valence-electron chi connectivity index (χ1n) is 6.27. The summed E-state index contributed by atoms with van der Waals surface area (Å²) in [5, 5.41) is 0.623. The Balaban J connectivity index is 2.32. The zero-order valence-electron chi connectivity index (χ0n) is 10.2. The van der Waals surface area contributed by atoms with E-state index in [1.54, 1.807) is 6.07 Å². The lowest BCUT2D eigenvalue weighted by atomic mass is 10.1. The van der Waals surface area contributed by atoms with Crippen LogP contribution in [0.4, 0.5) is 5.69 Å². The molecule has 1 fully saturated rings. The van der Waals surface area contributed by atoms with E-state index < -0.39 is 0 Å². The standard InChI is InChI=1S/C14H18ClNO/c1-2-16(13-5-3-4-6-13)14-8-7-12(15)9-11(14)10-17/h7-10,13H,2-6H2,1H3. The predicted molar refractivity (Wildman–Crippen MR) is 72.1 cm³/mol. The zero-order chi connectivity index (χ0) is 12.3. The van der Waals surface area contributed by atoms with E-state index in [1.165, 1.54) is 25.7 Å². The summed E-state index contributed by atoms with van der Waals surface area (Å²) >= 11 is 5.93. The molecule has 17 heavy (non-hydrogen) atoms. The van der Waals surface area contributed by atoms with Gasteiger partial charge in [-0.25, -0.2) is 0 Å². The molecule has 0 spiro atoms. The molecule has 0 N–H and O–H groups in total. The number of aldehydes is 1. The number of hydrogen-bond acceptors (Lipinski definition) is 2. The fraction of sp³-hybridized carbons (Fsp3) is 0.500. The van der Waals surface area contributed by atoms with Gasteiger partial charge >= 0.3 is 0 Å². The molecule has 3 heteroatoms. The van der Waals surface area contributed by atoms with Crippen molar-refractivity contribution >= 4 is 23.6 Å². The molecule has 0 atom stereocenters. The Kier molecular flexibility index (Phi) is 4.06. The number of benzene rings is 1. The highest BCUT2D eigenvalue weighted by Crippen LogP contribution is 2.30. The lowest BCUT2D eigenvalue weighted by Gasteiger charge is -2.31. The quantitative estimate of drug-likeness (QED) is 0.756. The van der Waals surface area contributed by atoms with Crippen molar-refractivity contribution in [3.05, 3.63) is 28.8 Å². The van der Waals surface area contributed by atoms with E-state index in [4.69, 9.17) is 11.6 Å². The third-order valence-electron chi connectivity index (χ3n) is 3.53. The summed E-state index contributed by atoms with van der Waals surface area (Å²) in [5.41, 5.74) is 1.73. The van der Waals surface area contributed by atoms with Crippen LogP contribution in [-0.4, -0.2) is 18.9 Å². The highest BCUT2D eigenvalue weighted by Gasteiger charge is 2.23. The maximum Gasteiger partial charge on any atom is 0.152 e. The Morgan fingerprint density at radius 1 is 1.41 bits per heavy atom. The topological polar surface area (TPSA) is 20.3 Å². The zero-order valence-corrected chi connectivity index (χ0v) is 10.9. The van der Waals surface area contributed by atoms with Gasteiger partial charge in [0.1, 0.15) is 0 Å². The molecule has 0 aromatic heterocycles. The van der Waals surface area contributed by atoms with E-state index in [1.807, 2.05) is 12.1 Å². The van der Waals surface area contributed by atoms with Crippen molar-refractivity contribution in [1.82, 2.24) is 0 Å². The fourth-order valence-corrected chi connectivity index (χ4v) is 2.90. The van der Waals surface area contributed by atoms with E-state index in [2.05, 4.69) is 11.8 Å². The SMILES string of the molecule is CCN(c1ccc(Cl)cc1C=O)C1CCCC1. The maximum atomic E-state index is 11.1. The van der Waals surface area contributed by atoms with E-state index >= 15 is 0 Å². The highest BCUT2D eigenvalue weighted by molar-refractivity contribution is 6.31. The third-order valence-corrected chi connectivity index (χ3v) is 3.77. The molecule has 1 aliphatic rings. The van der Waals surface area contributed by atoms with Crippen molar-refractivity contribution in [2.75, 3.05) is 11.4 Å². The molecule has 1 aromatic carbocycles. The Hall–Kier alpha value is -1.02. The minimum atomic E-state index is 0.583. The van der Waals surface area contributed by atoms with Gasteiger partial charge in [0.25, 0.3) is 0 Å². The molecule has 0 unspecified atom stereocenters. The van der Waals surface area contributed by atoms with Crippen LogP contribution in [0.2, 0.25) is 5.02 Å². The second-order valence-electron chi connectivity index (χ2n) is 4.55. The fourth-order valence-electron chi connectivity index (χ4n) is 2.72. The van der Waals surface area contributed by atoms with Crippen molar-refractivity contribution < 1.29 is 4.79 Å². The van der Waals surface area contributed by atoms with Crippen LogP contribution in [0.5, 0.6) is 0 Å². The van der Waals surface area contributed by atoms with E-state index in [0.717, 1.165) is 18.5 Å². The van der Waals surface area contributed by atoms with Gasteiger partial charge in [0.05, 0.1) is 0 Å². The van der Waals surface area contributed by atoms with Crippen LogP contribution in [0.15, 0.2) is 18.2 Å². The van der Waals surface area contributed by atoms with E-state index in [0.29, 0.717) is 16.6 Å². The van der Waals surface area contributed by atoms with Crippen molar-refractivity contribution in [3.63, 3.8) is 0 Å². The number of nitrogens with zero attached hydrogens (tertiary/aromatic N) is 1. The Morgan fingerprint density at radius 3 is 2.71 bits per heavy atom. The van der Waals surface area contributed by atoms with Crippen molar-refractivity contribution in [1.29, 1.82) is 0 Å². The summed E-state index contributed by atoms with van der Waals surface area (Å²) in [6.45, 7) is 3.08. The van der Waals surface area contributed by atoms with E-state index in [-0.39, 0.29) is 0 Å². The first kappa shape index (κ1) is 12.4. The van der Waals surface area contributed by atoms with Gasteiger partial charge in [-0.15, -0.1) is 0 Å². The largest absolute Gasteiger partial charge is 0.368 e. The van der Waals surface area contributed by atoms with Gasteiger partial charge in [-0.3, -0.25) is 4.79 Å². The molecule has 0 saturated heterocycles. The number of rotatable bonds is 4. The smallest absolute Gasteiger partial charge is 0.152 e. The van der Waals surface area contributed by atoms with Gasteiger partial charge in [-0.2, -0.15) is 0 Å². The van der Waals surface area contributed by atoms with Crippen LogP contribution in [0, 0.1) is 0 Å². The lowest BCUT2D eigenvalue weighted by Crippen LogP contribution is -2.33. The van der Waals surface area contributed by atoms with Gasteiger partial charge in [-0.1, -0.05) is 24.4 Å². The summed E-state index contributed by atoms with van der Waals surface area (Å²) < 4.78 is 0. The van der Waals surface area contributed by atoms with Crippen LogP contribution < -0.4 is 4.90 Å². The average molecular weight is 252 g/mol. The van der Waals surface area contributed by atoms with Gasteiger partial charge in [0, 0.05) is 28.9 Å². The molecule has 2 rings (SSSR count). The molecule has 92 valence electrons. The molecule has 1 saturated carbocycles.